The average molecular weight is 541 g/mol. The van der Waals surface area contributed by atoms with Crippen molar-refractivity contribution in [2.24, 2.45) is 0 Å². The summed E-state index contributed by atoms with van der Waals surface area (Å²) in [6, 6.07) is 0. The number of carbonyl (C=O) groups is 2. The van der Waals surface area contributed by atoms with Crippen LogP contribution in [0.2, 0.25) is 0 Å². The zero-order valence-electron chi connectivity index (χ0n) is 15.4. The van der Waals surface area contributed by atoms with E-state index in [9.17, 15) is 75.1 Å². The molecule has 6 nitrogen and oxygen atoms in total. The van der Waals surface area contributed by atoms with Gasteiger partial charge in [-0.2, -0.15) is 57.1 Å². The first-order valence-electron chi connectivity index (χ1n) is 7.98. The monoisotopic (exact) mass is 541 g/mol. The number of nitrogens with one attached hydrogen (secondary N) is 1. The van der Waals surface area contributed by atoms with Gasteiger partial charge in [-0.25, -0.2) is 8.42 Å². The van der Waals surface area contributed by atoms with Crippen molar-refractivity contribution in [3.8, 4) is 0 Å². The molecule has 196 valence electrons. The number of rotatable bonds is 12. The van der Waals surface area contributed by atoms with Crippen LogP contribution in [-0.4, -0.2) is 66.9 Å². The van der Waals surface area contributed by atoms with E-state index in [2.05, 4.69) is 0 Å². The lowest BCUT2D eigenvalue weighted by Gasteiger charge is -2.39. The fourth-order valence-corrected chi connectivity index (χ4v) is 2.99. The highest BCUT2D eigenvalue weighted by atomic mass is 32.2. The molecule has 0 atom stereocenters. The highest BCUT2D eigenvalue weighted by Gasteiger charge is 2.90. The molecule has 0 saturated heterocycles. The molecule has 2 N–H and O–H groups in total. The summed E-state index contributed by atoms with van der Waals surface area (Å²) < 4.78 is 191. The number of hydrogen-bond acceptors (Lipinski definition) is 4. The molecule has 0 aliphatic carbocycles. The molecule has 0 fully saturated rings. The molecule has 0 aromatic carbocycles. The minimum absolute atomic E-state index is 0.638. The number of amides is 1. The molecule has 0 aromatic rings. The third-order valence-electron chi connectivity index (χ3n) is 3.74. The van der Waals surface area contributed by atoms with Gasteiger partial charge in [0, 0.05) is 19.3 Å². The normalized spacial score (nSPS) is 14.8. The molecule has 0 heterocycles. The predicted octanol–water partition coefficient (Wildman–Crippen LogP) is 3.82. The van der Waals surface area contributed by atoms with Crippen molar-refractivity contribution in [3.63, 3.8) is 0 Å². The standard InChI is InChI=1S/C13H12F13NO5S/c14-8(15,4-3-6(28)27-33(31,32)5-1-2-7(29)30)9(16,17)10(18,19)11(20,21)12(22,23)13(24,25)26/h1-5H2,(H,27,28)(H,29,30). The summed E-state index contributed by atoms with van der Waals surface area (Å²) in [5.74, 6) is -42.8. The van der Waals surface area contributed by atoms with Gasteiger partial charge in [-0.15, -0.1) is 0 Å². The maximum atomic E-state index is 13.5. The molecule has 0 radical (unpaired) electrons. The topological polar surface area (TPSA) is 101 Å². The zero-order valence-corrected chi connectivity index (χ0v) is 16.3. The van der Waals surface area contributed by atoms with E-state index in [4.69, 9.17) is 5.11 Å². The molecule has 0 saturated carbocycles. The van der Waals surface area contributed by atoms with E-state index >= 15 is 0 Å². The Hall–Kier alpha value is -2.02. The smallest absolute Gasteiger partial charge is 0.460 e. The van der Waals surface area contributed by atoms with Gasteiger partial charge in [-0.05, 0) is 6.42 Å². The highest BCUT2D eigenvalue weighted by molar-refractivity contribution is 7.90. The minimum atomic E-state index is -8.08. The lowest BCUT2D eigenvalue weighted by atomic mass is 9.92. The van der Waals surface area contributed by atoms with Gasteiger partial charge < -0.3 is 5.11 Å². The van der Waals surface area contributed by atoms with Crippen LogP contribution < -0.4 is 4.72 Å². The summed E-state index contributed by atoms with van der Waals surface area (Å²) in [6.07, 6.45) is -14.0. The van der Waals surface area contributed by atoms with E-state index in [1.807, 2.05) is 0 Å². The lowest BCUT2D eigenvalue weighted by molar-refractivity contribution is -0.440. The molecule has 0 aromatic heterocycles. The van der Waals surface area contributed by atoms with E-state index in [0.717, 1.165) is 4.72 Å². The number of carboxylic acids is 1. The number of alkyl halides is 13. The summed E-state index contributed by atoms with van der Waals surface area (Å²) in [4.78, 5) is 21.5. The van der Waals surface area contributed by atoms with Crippen molar-refractivity contribution in [2.45, 2.75) is 61.5 Å². The van der Waals surface area contributed by atoms with Gasteiger partial charge in [0.05, 0.1) is 5.75 Å². The predicted molar refractivity (Wildman–Crippen MR) is 78.8 cm³/mol. The summed E-state index contributed by atoms with van der Waals surface area (Å²) in [7, 11) is -4.75. The van der Waals surface area contributed by atoms with Crippen molar-refractivity contribution in [1.82, 2.24) is 4.72 Å². The summed E-state index contributed by atoms with van der Waals surface area (Å²) in [5.41, 5.74) is 0. The Morgan fingerprint density at radius 1 is 0.697 bits per heavy atom. The van der Waals surface area contributed by atoms with Crippen LogP contribution >= 0.6 is 0 Å². The first-order valence-corrected chi connectivity index (χ1v) is 9.63. The SMILES string of the molecule is O=C(O)CCCS(=O)(=O)NC(=O)CCC(F)(F)C(F)(F)C(F)(F)C(F)(F)C(F)(F)C(F)(F)F. The van der Waals surface area contributed by atoms with Crippen LogP contribution in [0.1, 0.15) is 25.7 Å². The quantitative estimate of drug-likeness (QED) is 0.366. The van der Waals surface area contributed by atoms with Gasteiger partial charge in [0.25, 0.3) is 0 Å². The first kappa shape index (κ1) is 31.0. The maximum Gasteiger partial charge on any atom is 0.460 e. The van der Waals surface area contributed by atoms with Crippen LogP contribution in [0, 0.1) is 0 Å². The van der Waals surface area contributed by atoms with Gasteiger partial charge >= 0.3 is 41.8 Å². The Bertz CT molecular complexity index is 838. The second kappa shape index (κ2) is 9.32. The molecule has 20 heteroatoms. The highest BCUT2D eigenvalue weighted by Crippen LogP contribution is 2.60. The van der Waals surface area contributed by atoms with Crippen LogP contribution in [0.3, 0.4) is 0 Å². The first-order chi connectivity index (χ1) is 14.3. The van der Waals surface area contributed by atoms with Crippen molar-refractivity contribution < 1.29 is 80.2 Å². The Labute approximate surface area is 175 Å². The number of halogens is 13. The average Bonchev–Trinajstić information content (AvgIpc) is 2.57. The van der Waals surface area contributed by atoms with Crippen molar-refractivity contribution in [1.29, 1.82) is 0 Å². The van der Waals surface area contributed by atoms with Crippen LogP contribution in [0.25, 0.3) is 0 Å². The van der Waals surface area contributed by atoms with Crippen molar-refractivity contribution in [3.05, 3.63) is 0 Å². The van der Waals surface area contributed by atoms with Crippen LogP contribution in [-0.2, 0) is 19.6 Å². The van der Waals surface area contributed by atoms with E-state index in [0.29, 0.717) is 0 Å². The molecule has 0 rings (SSSR count). The van der Waals surface area contributed by atoms with Crippen LogP contribution in [0.15, 0.2) is 0 Å². The third-order valence-corrected chi connectivity index (χ3v) is 5.10. The number of carboxylic acid groups (broad SMARTS) is 1. The molecule has 1 amide bonds. The summed E-state index contributed by atoms with van der Waals surface area (Å²) in [5, 5.41) is 8.30. The summed E-state index contributed by atoms with van der Waals surface area (Å²) in [6.45, 7) is 0. The van der Waals surface area contributed by atoms with E-state index in [1.54, 1.807) is 0 Å². The maximum absolute atomic E-state index is 13.5. The molecule has 0 aliphatic rings. The largest absolute Gasteiger partial charge is 0.481 e. The van der Waals surface area contributed by atoms with Gasteiger partial charge in [0.15, 0.2) is 0 Å². The fourth-order valence-electron chi connectivity index (χ4n) is 1.92. The van der Waals surface area contributed by atoms with E-state index < -0.39 is 89.1 Å². The second-order valence-electron chi connectivity index (χ2n) is 6.34. The number of carbonyl (C=O) groups excluding carboxylic acids is 1. The van der Waals surface area contributed by atoms with Gasteiger partial charge in [-0.1, -0.05) is 0 Å². The number of sulfonamides is 1. The summed E-state index contributed by atoms with van der Waals surface area (Å²) >= 11 is 0. The number of aliphatic carboxylic acids is 1. The van der Waals surface area contributed by atoms with E-state index in [-0.39, 0.29) is 0 Å². The Kier molecular flexibility index (Phi) is 8.75. The van der Waals surface area contributed by atoms with E-state index in [1.165, 1.54) is 0 Å². The zero-order chi connectivity index (χ0) is 26.9. The second-order valence-corrected chi connectivity index (χ2v) is 8.18. The molecule has 33 heavy (non-hydrogen) atoms. The van der Waals surface area contributed by atoms with Gasteiger partial charge in [0.2, 0.25) is 15.9 Å². The van der Waals surface area contributed by atoms with Crippen molar-refractivity contribution >= 4 is 21.9 Å². The Morgan fingerprint density at radius 3 is 1.52 bits per heavy atom. The Morgan fingerprint density at radius 2 is 1.12 bits per heavy atom. The van der Waals surface area contributed by atoms with Gasteiger partial charge in [0.1, 0.15) is 0 Å². The van der Waals surface area contributed by atoms with Crippen LogP contribution in [0.5, 0.6) is 0 Å². The minimum Gasteiger partial charge on any atom is -0.481 e. The molecule has 0 unspecified atom stereocenters. The molecular formula is C13H12F13NO5S. The molecule has 0 bridgehead atoms. The van der Waals surface area contributed by atoms with Gasteiger partial charge in [-0.3, -0.25) is 14.3 Å². The molecule has 0 aliphatic heterocycles. The Balaban J connectivity index is 5.59. The lowest BCUT2D eigenvalue weighted by Crippen LogP contribution is -2.70. The molecular weight excluding hydrogens is 529 g/mol. The van der Waals surface area contributed by atoms with Crippen molar-refractivity contribution in [2.75, 3.05) is 5.75 Å². The number of hydrogen-bond donors (Lipinski definition) is 2. The third kappa shape index (κ3) is 6.31. The fraction of sp³-hybridized carbons (Fsp3) is 0.846. The van der Waals surface area contributed by atoms with Crippen LogP contribution in [0.4, 0.5) is 57.1 Å². The molecule has 0 spiro atoms.